The first kappa shape index (κ1) is 36.9. The van der Waals surface area contributed by atoms with Gasteiger partial charge in [0.15, 0.2) is 11.5 Å². The highest BCUT2D eigenvalue weighted by Crippen LogP contribution is 2.44. The molecular formula is C32H32Cl6O8. The van der Waals surface area contributed by atoms with Gasteiger partial charge in [-0.3, -0.25) is 0 Å². The van der Waals surface area contributed by atoms with E-state index in [9.17, 15) is 19.2 Å². The zero-order chi connectivity index (χ0) is 34.0. The molecule has 6 unspecified atom stereocenters. The highest BCUT2D eigenvalue weighted by Gasteiger charge is 2.36. The van der Waals surface area contributed by atoms with Gasteiger partial charge in [0.25, 0.3) is 0 Å². The minimum Gasteiger partial charge on any atom is -0.462 e. The molecule has 0 heterocycles. The number of ether oxygens (including phenoxy) is 4. The van der Waals surface area contributed by atoms with Gasteiger partial charge in [-0.15, -0.1) is 0 Å². The van der Waals surface area contributed by atoms with E-state index in [0.29, 0.717) is 23.7 Å². The molecule has 4 rings (SSSR count). The summed E-state index contributed by atoms with van der Waals surface area (Å²) in [7, 11) is 0. The second-order valence-corrected chi connectivity index (χ2v) is 14.7. The number of benzene rings is 2. The van der Waals surface area contributed by atoms with E-state index in [1.54, 1.807) is 0 Å². The third-order valence-corrected chi connectivity index (χ3v) is 10.3. The van der Waals surface area contributed by atoms with Gasteiger partial charge in [-0.2, -0.15) is 0 Å². The SMILES string of the molecule is CC(COC(=O)c1c(Cl)c(Cl)cc(Cl)c1OC(=O)C(=O)Oc1c(Cl)cc(Cl)c(Cl)c1C(=O)OCC(C)CC1CC1C)CC1CC1C. The average Bonchev–Trinajstić information content (AvgIpc) is 3.89. The second-order valence-electron chi connectivity index (χ2n) is 12.3. The Morgan fingerprint density at radius 2 is 0.978 bits per heavy atom. The molecule has 0 spiro atoms. The first-order valence-corrected chi connectivity index (χ1v) is 17.0. The van der Waals surface area contributed by atoms with E-state index in [1.165, 1.54) is 0 Å². The standard InChI is InChI=1S/C32H32Cl6O8/c1-13(5-17-7-15(17)3)11-43-29(39)23-25(37)19(33)9-21(35)27(23)45-31(41)32(42)46-28-22(36)10-20(34)26(38)24(28)30(40)44-12-14(2)6-18-8-16(18)4/h9-10,13-18H,5-8,11-12H2,1-4H3. The van der Waals surface area contributed by atoms with E-state index >= 15 is 0 Å². The van der Waals surface area contributed by atoms with Crippen molar-refractivity contribution in [2.45, 2.75) is 53.4 Å². The molecule has 2 fully saturated rings. The number of carbonyl (C=O) groups is 4. The quantitative estimate of drug-likeness (QED) is 0.0913. The molecule has 0 amide bonds. The Labute approximate surface area is 297 Å². The van der Waals surface area contributed by atoms with Crippen molar-refractivity contribution in [1.29, 1.82) is 0 Å². The van der Waals surface area contributed by atoms with Crippen LogP contribution in [0.5, 0.6) is 11.5 Å². The summed E-state index contributed by atoms with van der Waals surface area (Å²) in [6.45, 7) is 8.31. The van der Waals surface area contributed by atoms with Crippen molar-refractivity contribution in [3.63, 3.8) is 0 Å². The molecule has 6 atom stereocenters. The minimum absolute atomic E-state index is 0.0512. The van der Waals surface area contributed by atoms with Gasteiger partial charge in [0.2, 0.25) is 0 Å². The molecule has 14 heteroatoms. The van der Waals surface area contributed by atoms with Crippen LogP contribution in [0.25, 0.3) is 0 Å². The Bertz CT molecular complexity index is 1430. The molecule has 46 heavy (non-hydrogen) atoms. The van der Waals surface area contributed by atoms with Gasteiger partial charge in [0, 0.05) is 0 Å². The monoisotopic (exact) mass is 754 g/mol. The van der Waals surface area contributed by atoms with Crippen molar-refractivity contribution in [3.8, 4) is 11.5 Å². The van der Waals surface area contributed by atoms with Crippen LogP contribution in [-0.4, -0.2) is 37.1 Å². The number of hydrogen-bond donors (Lipinski definition) is 0. The Balaban J connectivity index is 1.49. The molecule has 0 saturated heterocycles. The normalized spacial score (nSPS) is 21.2. The van der Waals surface area contributed by atoms with E-state index in [2.05, 4.69) is 13.8 Å². The van der Waals surface area contributed by atoms with E-state index in [0.717, 1.165) is 37.8 Å². The predicted molar refractivity (Wildman–Crippen MR) is 177 cm³/mol. The van der Waals surface area contributed by atoms with Crippen LogP contribution in [0.4, 0.5) is 0 Å². The van der Waals surface area contributed by atoms with E-state index in [1.807, 2.05) is 13.8 Å². The zero-order valence-electron chi connectivity index (χ0n) is 25.4. The van der Waals surface area contributed by atoms with Crippen LogP contribution < -0.4 is 9.47 Å². The van der Waals surface area contributed by atoms with Crippen LogP contribution in [0, 0.1) is 35.5 Å². The first-order chi connectivity index (χ1) is 21.6. The van der Waals surface area contributed by atoms with Gasteiger partial charge in [-0.25, -0.2) is 19.2 Å². The van der Waals surface area contributed by atoms with E-state index < -0.39 is 46.5 Å². The molecular weight excluding hydrogens is 725 g/mol. The lowest BCUT2D eigenvalue weighted by atomic mass is 10.0. The maximum absolute atomic E-state index is 13.1. The summed E-state index contributed by atoms with van der Waals surface area (Å²) in [6, 6.07) is 2.25. The number of esters is 4. The first-order valence-electron chi connectivity index (χ1n) is 14.7. The van der Waals surface area contributed by atoms with Crippen LogP contribution in [0.1, 0.15) is 74.1 Å². The predicted octanol–water partition coefficient (Wildman–Crippen LogP) is 9.80. The minimum atomic E-state index is -1.64. The molecule has 0 aliphatic heterocycles. The Hall–Kier alpha value is -1.94. The molecule has 250 valence electrons. The molecule has 2 aliphatic carbocycles. The molecule has 8 nitrogen and oxygen atoms in total. The van der Waals surface area contributed by atoms with Crippen molar-refractivity contribution in [2.24, 2.45) is 35.5 Å². The van der Waals surface area contributed by atoms with Crippen molar-refractivity contribution in [3.05, 3.63) is 53.4 Å². The Morgan fingerprint density at radius 3 is 1.28 bits per heavy atom. The topological polar surface area (TPSA) is 105 Å². The lowest BCUT2D eigenvalue weighted by Gasteiger charge is -2.17. The second kappa shape index (κ2) is 15.5. The molecule has 0 bridgehead atoms. The van der Waals surface area contributed by atoms with Gasteiger partial charge in [0.05, 0.1) is 43.3 Å². The largest absolute Gasteiger partial charge is 0.462 e. The van der Waals surface area contributed by atoms with Gasteiger partial charge in [-0.05, 0) is 73.3 Å². The van der Waals surface area contributed by atoms with Crippen molar-refractivity contribution in [2.75, 3.05) is 13.2 Å². The summed E-state index contributed by atoms with van der Waals surface area (Å²) in [5, 5.41) is -1.47. The molecule has 2 saturated carbocycles. The third-order valence-electron chi connectivity index (χ3n) is 8.18. The molecule has 0 radical (unpaired) electrons. The fourth-order valence-corrected chi connectivity index (χ4v) is 6.63. The molecule has 2 aliphatic rings. The van der Waals surface area contributed by atoms with Gasteiger partial charge < -0.3 is 18.9 Å². The summed E-state index contributed by atoms with van der Waals surface area (Å²) in [4.78, 5) is 52.1. The van der Waals surface area contributed by atoms with Gasteiger partial charge >= 0.3 is 23.9 Å². The molecule has 0 aromatic heterocycles. The highest BCUT2D eigenvalue weighted by molar-refractivity contribution is 6.47. The summed E-state index contributed by atoms with van der Waals surface area (Å²) in [6.07, 6.45) is 3.99. The molecule has 2 aromatic carbocycles. The van der Waals surface area contributed by atoms with E-state index in [-0.39, 0.29) is 55.2 Å². The third kappa shape index (κ3) is 9.14. The fraction of sp³-hybridized carbons (Fsp3) is 0.500. The van der Waals surface area contributed by atoms with Crippen LogP contribution in [0.3, 0.4) is 0 Å². The summed E-state index contributed by atoms with van der Waals surface area (Å²) in [5.74, 6) is -3.85. The van der Waals surface area contributed by atoms with Gasteiger partial charge in [0.1, 0.15) is 11.1 Å². The number of halogens is 6. The maximum atomic E-state index is 13.1. The average molecular weight is 757 g/mol. The zero-order valence-corrected chi connectivity index (χ0v) is 29.9. The van der Waals surface area contributed by atoms with E-state index in [4.69, 9.17) is 88.6 Å². The number of rotatable bonds is 12. The lowest BCUT2D eigenvalue weighted by molar-refractivity contribution is -0.156. The van der Waals surface area contributed by atoms with Crippen molar-refractivity contribution >= 4 is 93.5 Å². The summed E-state index contributed by atoms with van der Waals surface area (Å²) in [5.41, 5.74) is -0.919. The van der Waals surface area contributed by atoms with Crippen LogP contribution in [0.15, 0.2) is 12.1 Å². The highest BCUT2D eigenvalue weighted by atomic mass is 35.5. The number of carbonyl (C=O) groups excluding carboxylic acids is 4. The molecule has 2 aromatic rings. The smallest absolute Gasteiger partial charge is 0.423 e. The molecule has 0 N–H and O–H groups in total. The van der Waals surface area contributed by atoms with Crippen molar-refractivity contribution in [1.82, 2.24) is 0 Å². The van der Waals surface area contributed by atoms with Gasteiger partial charge in [-0.1, -0.05) is 97.3 Å². The lowest BCUT2D eigenvalue weighted by Crippen LogP contribution is -2.27. The fourth-order valence-electron chi connectivity index (χ4n) is 5.20. The van der Waals surface area contributed by atoms with Crippen molar-refractivity contribution < 1.29 is 38.1 Å². The Kier molecular flexibility index (Phi) is 12.4. The van der Waals surface area contributed by atoms with Crippen LogP contribution in [-0.2, 0) is 19.1 Å². The summed E-state index contributed by atoms with van der Waals surface area (Å²) < 4.78 is 21.2. The summed E-state index contributed by atoms with van der Waals surface area (Å²) >= 11 is 37.4. The van der Waals surface area contributed by atoms with Crippen LogP contribution in [0.2, 0.25) is 30.1 Å². The Morgan fingerprint density at radius 1 is 0.652 bits per heavy atom. The number of hydrogen-bond acceptors (Lipinski definition) is 8. The van der Waals surface area contributed by atoms with Crippen LogP contribution >= 0.6 is 69.6 Å². The maximum Gasteiger partial charge on any atom is 0.423 e.